The summed E-state index contributed by atoms with van der Waals surface area (Å²) in [5, 5.41) is 2.94. The van der Waals surface area contributed by atoms with E-state index in [-0.39, 0.29) is 0 Å². The number of rotatable bonds is 3. The number of carbonyl (C=O) groups is 1. The van der Waals surface area contributed by atoms with Crippen LogP contribution >= 0.6 is 11.3 Å². The summed E-state index contributed by atoms with van der Waals surface area (Å²) in [6.07, 6.45) is 3.11. The molecule has 1 atom stereocenters. The van der Waals surface area contributed by atoms with Crippen LogP contribution in [-0.2, 0) is 6.42 Å². The van der Waals surface area contributed by atoms with E-state index in [0.717, 1.165) is 30.2 Å². The summed E-state index contributed by atoms with van der Waals surface area (Å²) in [4.78, 5) is 17.0. The Labute approximate surface area is 87.8 Å². The highest BCUT2D eigenvalue weighted by molar-refractivity contribution is 7.09. The minimum Gasteiger partial charge on any atom is -0.306 e. The quantitative estimate of drug-likeness (QED) is 0.708. The summed E-state index contributed by atoms with van der Waals surface area (Å²) in [5.74, 6) is 0.727. The summed E-state index contributed by atoms with van der Waals surface area (Å²) < 4.78 is 0. The van der Waals surface area contributed by atoms with Gasteiger partial charge in [0.1, 0.15) is 5.69 Å². The maximum absolute atomic E-state index is 10.4. The Morgan fingerprint density at radius 2 is 2.64 bits per heavy atom. The lowest BCUT2D eigenvalue weighted by atomic mass is 10.1. The fourth-order valence-electron chi connectivity index (χ4n) is 1.91. The first-order valence-electron chi connectivity index (χ1n) is 4.86. The minimum atomic E-state index is 0.580. The van der Waals surface area contributed by atoms with E-state index < -0.39 is 0 Å². The first-order chi connectivity index (χ1) is 6.78. The van der Waals surface area contributed by atoms with Crippen molar-refractivity contribution in [3.63, 3.8) is 0 Å². The topological polar surface area (TPSA) is 33.2 Å². The fourth-order valence-corrected chi connectivity index (χ4v) is 2.77. The molecule has 14 heavy (non-hydrogen) atoms. The summed E-state index contributed by atoms with van der Waals surface area (Å²) in [5.41, 5.74) is 0.580. The second kappa shape index (κ2) is 4.19. The van der Waals surface area contributed by atoms with Gasteiger partial charge in [-0.1, -0.05) is 0 Å². The molecule has 0 aliphatic carbocycles. The zero-order chi connectivity index (χ0) is 9.97. The van der Waals surface area contributed by atoms with Gasteiger partial charge in [-0.3, -0.25) is 4.79 Å². The van der Waals surface area contributed by atoms with Crippen LogP contribution in [0.4, 0.5) is 0 Å². The van der Waals surface area contributed by atoms with E-state index in [1.165, 1.54) is 13.0 Å². The molecule has 0 spiro atoms. The van der Waals surface area contributed by atoms with Gasteiger partial charge in [-0.05, 0) is 25.9 Å². The Balaban J connectivity index is 1.93. The Bertz CT molecular complexity index is 324. The maximum Gasteiger partial charge on any atom is 0.169 e. The average molecular weight is 210 g/mol. The Hall–Kier alpha value is -0.740. The fraction of sp³-hybridized carbons (Fsp3) is 0.600. The van der Waals surface area contributed by atoms with E-state index in [1.54, 1.807) is 11.3 Å². The van der Waals surface area contributed by atoms with Gasteiger partial charge in [0.25, 0.3) is 0 Å². The molecule has 2 rings (SSSR count). The van der Waals surface area contributed by atoms with Gasteiger partial charge in [0.15, 0.2) is 6.29 Å². The van der Waals surface area contributed by atoms with E-state index in [9.17, 15) is 4.79 Å². The largest absolute Gasteiger partial charge is 0.306 e. The Morgan fingerprint density at radius 3 is 3.21 bits per heavy atom. The molecule has 0 amide bonds. The van der Waals surface area contributed by atoms with Gasteiger partial charge in [-0.15, -0.1) is 11.3 Å². The SMILES string of the molecule is CN1CCC(Cc2nc(C=O)cs2)C1. The van der Waals surface area contributed by atoms with Gasteiger partial charge in [0, 0.05) is 18.3 Å². The van der Waals surface area contributed by atoms with E-state index in [1.807, 2.05) is 5.38 Å². The third-order valence-corrected chi connectivity index (χ3v) is 3.53. The number of carbonyl (C=O) groups excluding carboxylic acids is 1. The van der Waals surface area contributed by atoms with Crippen LogP contribution in [0, 0.1) is 5.92 Å². The minimum absolute atomic E-state index is 0.580. The van der Waals surface area contributed by atoms with Crippen molar-refractivity contribution in [3.8, 4) is 0 Å². The highest BCUT2D eigenvalue weighted by Gasteiger charge is 2.20. The van der Waals surface area contributed by atoms with Crippen molar-refractivity contribution in [2.75, 3.05) is 20.1 Å². The summed E-state index contributed by atoms with van der Waals surface area (Å²) >= 11 is 1.60. The molecule has 1 unspecified atom stereocenters. The van der Waals surface area contributed by atoms with Gasteiger partial charge in [0.05, 0.1) is 5.01 Å². The van der Waals surface area contributed by atoms with Crippen molar-refractivity contribution in [2.24, 2.45) is 5.92 Å². The van der Waals surface area contributed by atoms with Crippen molar-refractivity contribution in [3.05, 3.63) is 16.1 Å². The third kappa shape index (κ3) is 2.19. The maximum atomic E-state index is 10.4. The molecule has 0 saturated carbocycles. The zero-order valence-electron chi connectivity index (χ0n) is 8.27. The molecule has 0 bridgehead atoms. The van der Waals surface area contributed by atoms with E-state index in [2.05, 4.69) is 16.9 Å². The summed E-state index contributed by atoms with van der Waals surface area (Å²) in [6.45, 7) is 2.35. The van der Waals surface area contributed by atoms with Crippen LogP contribution in [0.25, 0.3) is 0 Å². The summed E-state index contributed by atoms with van der Waals surface area (Å²) in [6, 6.07) is 0. The molecule has 1 saturated heterocycles. The molecule has 1 aliphatic heterocycles. The van der Waals surface area contributed by atoms with Crippen LogP contribution < -0.4 is 0 Å². The summed E-state index contributed by atoms with van der Waals surface area (Å²) in [7, 11) is 2.15. The molecule has 2 heterocycles. The first-order valence-corrected chi connectivity index (χ1v) is 5.74. The van der Waals surface area contributed by atoms with Gasteiger partial charge in [-0.25, -0.2) is 4.98 Å². The van der Waals surface area contributed by atoms with E-state index in [0.29, 0.717) is 5.69 Å². The van der Waals surface area contributed by atoms with Gasteiger partial charge in [-0.2, -0.15) is 0 Å². The number of aldehydes is 1. The van der Waals surface area contributed by atoms with Crippen LogP contribution in [0.1, 0.15) is 21.9 Å². The lowest BCUT2D eigenvalue weighted by molar-refractivity contribution is 0.111. The van der Waals surface area contributed by atoms with Crippen LogP contribution in [0.2, 0.25) is 0 Å². The molecule has 76 valence electrons. The molecule has 4 heteroatoms. The van der Waals surface area contributed by atoms with Crippen LogP contribution in [0.3, 0.4) is 0 Å². The van der Waals surface area contributed by atoms with Crippen molar-refractivity contribution in [1.29, 1.82) is 0 Å². The Kier molecular flexibility index (Phi) is 2.93. The van der Waals surface area contributed by atoms with E-state index >= 15 is 0 Å². The molecule has 0 radical (unpaired) electrons. The normalized spacial score (nSPS) is 22.8. The molecule has 1 aromatic rings. The number of hydrogen-bond donors (Lipinski definition) is 0. The van der Waals surface area contributed by atoms with Gasteiger partial charge < -0.3 is 4.90 Å². The van der Waals surface area contributed by atoms with Crippen molar-refractivity contribution >= 4 is 17.6 Å². The first kappa shape index (κ1) is 9.80. The van der Waals surface area contributed by atoms with Crippen LogP contribution in [0.15, 0.2) is 5.38 Å². The predicted molar refractivity (Wildman–Crippen MR) is 56.8 cm³/mol. The molecule has 1 aliphatic rings. The number of aromatic nitrogens is 1. The standard InChI is InChI=1S/C10H14N2OS/c1-12-3-2-8(5-12)4-10-11-9(6-13)7-14-10/h6-8H,2-5H2,1H3. The molecule has 0 aromatic carbocycles. The van der Waals surface area contributed by atoms with Gasteiger partial charge >= 0.3 is 0 Å². The van der Waals surface area contributed by atoms with Gasteiger partial charge in [0.2, 0.25) is 0 Å². The molecule has 0 N–H and O–H groups in total. The van der Waals surface area contributed by atoms with Crippen molar-refractivity contribution in [1.82, 2.24) is 9.88 Å². The average Bonchev–Trinajstić information content (AvgIpc) is 2.76. The molecule has 1 fully saturated rings. The van der Waals surface area contributed by atoms with Crippen LogP contribution in [0.5, 0.6) is 0 Å². The van der Waals surface area contributed by atoms with Crippen molar-refractivity contribution < 1.29 is 4.79 Å². The third-order valence-electron chi connectivity index (χ3n) is 2.64. The number of hydrogen-bond acceptors (Lipinski definition) is 4. The smallest absolute Gasteiger partial charge is 0.169 e. The lowest BCUT2D eigenvalue weighted by Crippen LogP contribution is -2.14. The zero-order valence-corrected chi connectivity index (χ0v) is 9.09. The predicted octanol–water partition coefficient (Wildman–Crippen LogP) is 1.45. The molecular formula is C10H14N2OS. The number of nitrogens with zero attached hydrogens (tertiary/aromatic N) is 2. The molecule has 3 nitrogen and oxygen atoms in total. The number of thiazole rings is 1. The second-order valence-corrected chi connectivity index (χ2v) is 4.85. The number of likely N-dealkylation sites (tertiary alicyclic amines) is 1. The highest BCUT2D eigenvalue weighted by Crippen LogP contribution is 2.21. The van der Waals surface area contributed by atoms with Crippen LogP contribution in [-0.4, -0.2) is 36.3 Å². The van der Waals surface area contributed by atoms with E-state index in [4.69, 9.17) is 0 Å². The second-order valence-electron chi connectivity index (χ2n) is 3.91. The Morgan fingerprint density at radius 1 is 1.79 bits per heavy atom. The molecular weight excluding hydrogens is 196 g/mol. The van der Waals surface area contributed by atoms with Crippen molar-refractivity contribution in [2.45, 2.75) is 12.8 Å². The lowest BCUT2D eigenvalue weighted by Gasteiger charge is -2.07. The highest BCUT2D eigenvalue weighted by atomic mass is 32.1. The molecule has 1 aromatic heterocycles. The monoisotopic (exact) mass is 210 g/mol.